The summed E-state index contributed by atoms with van der Waals surface area (Å²) in [6.45, 7) is 7.74. The Balaban J connectivity index is 1.52. The van der Waals surface area contributed by atoms with Gasteiger partial charge in [-0.05, 0) is 57.0 Å². The molecule has 0 saturated carbocycles. The van der Waals surface area contributed by atoms with E-state index in [-0.39, 0.29) is 55.7 Å². The van der Waals surface area contributed by atoms with Crippen LogP contribution < -0.4 is 15.1 Å². The number of anilines is 2. The van der Waals surface area contributed by atoms with E-state index in [9.17, 15) is 29.1 Å². The Labute approximate surface area is 259 Å². The number of unbranched alkanes of at least 4 members (excludes halogenated alkanes) is 1. The summed E-state index contributed by atoms with van der Waals surface area (Å²) in [5.74, 6) is -1.23. The number of ether oxygens (including phenoxy) is 2. The number of hydrogen-bond donors (Lipinski definition) is 3. The molecule has 0 aliphatic carbocycles. The van der Waals surface area contributed by atoms with Gasteiger partial charge in [-0.1, -0.05) is 6.92 Å². The van der Waals surface area contributed by atoms with Crippen molar-refractivity contribution in [3.63, 3.8) is 0 Å². The number of methoxy groups -OCH3 is 1. The van der Waals surface area contributed by atoms with E-state index in [0.29, 0.717) is 56.0 Å². The van der Waals surface area contributed by atoms with Crippen molar-refractivity contribution in [1.29, 1.82) is 0 Å². The summed E-state index contributed by atoms with van der Waals surface area (Å²) < 4.78 is 11.6. The number of carbonyl (C=O) groups excluding carboxylic acids is 4. The number of nitrogens with zero attached hydrogens (tertiary/aromatic N) is 3. The normalized spacial score (nSPS) is 28.7. The second-order valence-corrected chi connectivity index (χ2v) is 17.0. The van der Waals surface area contributed by atoms with Crippen molar-refractivity contribution in [2.24, 2.45) is 5.92 Å². The number of amides is 3. The van der Waals surface area contributed by atoms with Gasteiger partial charge in [0.1, 0.15) is 0 Å². The average Bonchev–Trinajstić information content (AvgIpc) is 3.65. The first-order valence-electron chi connectivity index (χ1n) is 15.8. The van der Waals surface area contributed by atoms with Crippen molar-refractivity contribution in [3.05, 3.63) is 23.8 Å². The van der Waals surface area contributed by atoms with Gasteiger partial charge in [0.05, 0.1) is 44.5 Å². The maximum absolute atomic E-state index is 14.6. The Kier molecular flexibility index (Phi) is 9.52. The van der Waals surface area contributed by atoms with Gasteiger partial charge < -0.3 is 39.4 Å². The minimum absolute atomic E-state index is 0.00194. The molecule has 5 atom stereocenters. The van der Waals surface area contributed by atoms with Gasteiger partial charge in [0.15, 0.2) is 13.9 Å². The van der Waals surface area contributed by atoms with Gasteiger partial charge >= 0.3 is 5.97 Å². The van der Waals surface area contributed by atoms with Crippen molar-refractivity contribution in [2.75, 3.05) is 56.2 Å². The monoisotopic (exact) mass is 630 g/mol. The molecule has 0 unspecified atom stereocenters. The van der Waals surface area contributed by atoms with Crippen LogP contribution in [0.3, 0.4) is 0 Å². The van der Waals surface area contributed by atoms with Crippen molar-refractivity contribution in [2.45, 2.75) is 81.8 Å². The molecule has 3 N–H and O–H groups in total. The summed E-state index contributed by atoms with van der Waals surface area (Å²) in [5.41, 5.74) is 0.107. The number of rotatable bonds is 10. The Morgan fingerprint density at radius 2 is 1.98 bits per heavy atom. The summed E-state index contributed by atoms with van der Waals surface area (Å²) in [4.78, 5) is 69.4. The molecule has 242 valence electrons. The van der Waals surface area contributed by atoms with Gasteiger partial charge in [0, 0.05) is 55.3 Å². The fourth-order valence-corrected chi connectivity index (χ4v) is 10.4. The summed E-state index contributed by atoms with van der Waals surface area (Å²) in [5, 5.41) is 12.9. The second kappa shape index (κ2) is 12.9. The largest absolute Gasteiger partial charge is 0.469 e. The molecule has 12 nitrogen and oxygen atoms in total. The number of likely N-dealkylation sites (tertiary alicyclic amines) is 1. The third kappa shape index (κ3) is 5.80. The van der Waals surface area contributed by atoms with E-state index in [1.165, 1.54) is 7.11 Å². The van der Waals surface area contributed by atoms with Gasteiger partial charge in [0.25, 0.3) is 5.91 Å². The predicted octanol–water partition coefficient (Wildman–Crippen LogP) is 1.48. The van der Waals surface area contributed by atoms with Gasteiger partial charge in [-0.3, -0.25) is 19.2 Å². The minimum Gasteiger partial charge on any atom is -0.469 e. The summed E-state index contributed by atoms with van der Waals surface area (Å²) in [6.07, 6.45) is 2.20. The Hall–Kier alpha value is -2.84. The average molecular weight is 631 g/mol. The molecule has 44 heavy (non-hydrogen) atoms. The molecule has 3 saturated heterocycles. The van der Waals surface area contributed by atoms with Crippen molar-refractivity contribution in [1.82, 2.24) is 10.2 Å². The van der Waals surface area contributed by atoms with Crippen molar-refractivity contribution >= 4 is 43.4 Å². The Morgan fingerprint density at radius 3 is 2.66 bits per heavy atom. The zero-order chi connectivity index (χ0) is 31.8. The van der Waals surface area contributed by atoms with Gasteiger partial charge in [-0.15, -0.1) is 0 Å². The van der Waals surface area contributed by atoms with Gasteiger partial charge in [0.2, 0.25) is 11.8 Å². The van der Waals surface area contributed by atoms with Crippen LogP contribution >= 0.6 is 0 Å². The molecule has 0 bridgehead atoms. The van der Waals surface area contributed by atoms with Crippen LogP contribution in [0.15, 0.2) is 18.2 Å². The molecular formula is C31H46N4O8Si. The molecule has 4 heterocycles. The summed E-state index contributed by atoms with van der Waals surface area (Å²) in [6, 6.07) is 5.34. The lowest BCUT2D eigenvalue weighted by atomic mass is 9.82. The van der Waals surface area contributed by atoms with Crippen LogP contribution in [-0.2, 0) is 34.3 Å². The maximum Gasteiger partial charge on any atom is 0.305 e. The summed E-state index contributed by atoms with van der Waals surface area (Å²) >= 11 is 0. The molecule has 5 rings (SSSR count). The van der Waals surface area contributed by atoms with Crippen LogP contribution in [0.5, 0.6) is 0 Å². The molecule has 3 amide bonds. The quantitative estimate of drug-likeness (QED) is 0.199. The SMILES string of the molecule is COC(=O)CCCCN1C(=O)[C@]2(O[C@H](CC(=O)N3CCC[C@H]3CO)[C@@H]([Si](C)(C)O)[C@@H]2C)c2cc(N3CCNCC3=O)ccc21. The molecule has 1 aromatic carbocycles. The third-order valence-corrected chi connectivity index (χ3v) is 12.4. The van der Waals surface area contributed by atoms with Crippen LogP contribution in [0.2, 0.25) is 18.6 Å². The van der Waals surface area contributed by atoms with E-state index in [1.807, 2.05) is 38.2 Å². The number of nitrogens with one attached hydrogen (secondary N) is 1. The van der Waals surface area contributed by atoms with Crippen LogP contribution in [-0.4, -0.2) is 105 Å². The fourth-order valence-electron chi connectivity index (χ4n) is 7.82. The molecule has 3 fully saturated rings. The first-order valence-corrected chi connectivity index (χ1v) is 18.8. The Bertz CT molecular complexity index is 1290. The van der Waals surface area contributed by atoms with Gasteiger partial charge in [-0.25, -0.2) is 0 Å². The summed E-state index contributed by atoms with van der Waals surface area (Å²) in [7, 11) is -1.64. The minimum atomic E-state index is -2.99. The molecule has 1 spiro atoms. The van der Waals surface area contributed by atoms with Crippen LogP contribution in [0.4, 0.5) is 11.4 Å². The predicted molar refractivity (Wildman–Crippen MR) is 165 cm³/mol. The number of piperazine rings is 1. The van der Waals surface area contributed by atoms with Crippen LogP contribution in [0.25, 0.3) is 0 Å². The van der Waals surface area contributed by atoms with E-state index in [4.69, 9.17) is 9.47 Å². The van der Waals surface area contributed by atoms with Crippen LogP contribution in [0, 0.1) is 5.92 Å². The maximum atomic E-state index is 14.6. The van der Waals surface area contributed by atoms with Gasteiger partial charge in [-0.2, -0.15) is 0 Å². The lowest BCUT2D eigenvalue weighted by Gasteiger charge is -2.33. The number of esters is 1. The number of fused-ring (bicyclic) bond motifs is 2. The lowest BCUT2D eigenvalue weighted by Crippen LogP contribution is -2.48. The molecule has 0 aromatic heterocycles. The van der Waals surface area contributed by atoms with E-state index < -0.39 is 31.5 Å². The third-order valence-electron chi connectivity index (χ3n) is 9.89. The zero-order valence-corrected chi connectivity index (χ0v) is 27.2. The lowest BCUT2D eigenvalue weighted by molar-refractivity contribution is -0.150. The highest BCUT2D eigenvalue weighted by molar-refractivity contribution is 6.71. The first kappa shape index (κ1) is 32.5. The zero-order valence-electron chi connectivity index (χ0n) is 26.2. The highest BCUT2D eigenvalue weighted by atomic mass is 28.4. The number of benzene rings is 1. The highest BCUT2D eigenvalue weighted by Gasteiger charge is 2.66. The highest BCUT2D eigenvalue weighted by Crippen LogP contribution is 2.60. The molecule has 13 heteroatoms. The fraction of sp³-hybridized carbons (Fsp3) is 0.677. The smallest absolute Gasteiger partial charge is 0.305 e. The van der Waals surface area contributed by atoms with Crippen molar-refractivity contribution in [3.8, 4) is 0 Å². The van der Waals surface area contributed by atoms with E-state index in [0.717, 1.165) is 12.8 Å². The van der Waals surface area contributed by atoms with E-state index in [1.54, 1.807) is 14.7 Å². The topological polar surface area (TPSA) is 149 Å². The van der Waals surface area contributed by atoms with E-state index >= 15 is 0 Å². The first-order chi connectivity index (χ1) is 20.9. The number of hydrogen-bond acceptors (Lipinski definition) is 9. The van der Waals surface area contributed by atoms with Crippen LogP contribution in [0.1, 0.15) is 51.0 Å². The molecule has 4 aliphatic rings. The second-order valence-electron chi connectivity index (χ2n) is 13.0. The van der Waals surface area contributed by atoms with E-state index in [2.05, 4.69) is 5.32 Å². The number of aliphatic hydroxyl groups is 1. The molecule has 4 aliphatic heterocycles. The molecule has 1 aromatic rings. The van der Waals surface area contributed by atoms with Crippen molar-refractivity contribution < 1.29 is 38.6 Å². The standard InChI is InChI=1S/C31H46N4O8Si/c1-20-29(44(3,4)41)25(17-26(37)33-14-7-8-22(33)19-36)43-31(20)23-16-21(34-15-12-32-18-27(34)38)10-11-24(23)35(30(31)40)13-6-5-9-28(39)42-2/h10-11,16,20,22,25,29,32,36,41H,5-9,12-15,17-19H2,1-4H3/t20-,22-,25+,29-,31+/m0/s1. The molecular weight excluding hydrogens is 584 g/mol. The number of carbonyl (C=O) groups is 4. The number of aliphatic hydroxyl groups excluding tert-OH is 1. The molecule has 0 radical (unpaired) electrons. The Morgan fingerprint density at radius 1 is 1.20 bits per heavy atom.